The summed E-state index contributed by atoms with van der Waals surface area (Å²) < 4.78 is 5.30. The second kappa shape index (κ2) is 8.71. The lowest BCUT2D eigenvalue weighted by molar-refractivity contribution is -0.0971. The number of hydrogen-bond acceptors (Lipinski definition) is 2. The van der Waals surface area contributed by atoms with Gasteiger partial charge in [0.1, 0.15) is 0 Å². The van der Waals surface area contributed by atoms with E-state index in [0.717, 1.165) is 38.2 Å². The Balaban J connectivity index is 0.00000242. The van der Waals surface area contributed by atoms with Gasteiger partial charge in [-0.25, -0.2) is 0 Å². The zero-order chi connectivity index (χ0) is 15.3. The molecule has 2 fully saturated rings. The molecule has 0 aromatic heterocycles. The van der Waals surface area contributed by atoms with E-state index in [-0.39, 0.29) is 29.4 Å². The number of nitrogens with one attached hydrogen (secondary N) is 2. The first kappa shape index (κ1) is 20.0. The van der Waals surface area contributed by atoms with Crippen molar-refractivity contribution in [2.24, 2.45) is 21.7 Å². The van der Waals surface area contributed by atoms with Crippen molar-refractivity contribution in [2.45, 2.75) is 52.9 Å². The molecule has 2 rings (SSSR count). The van der Waals surface area contributed by atoms with Crippen LogP contribution in [0.15, 0.2) is 4.99 Å². The molecule has 1 aliphatic carbocycles. The minimum Gasteiger partial charge on any atom is -0.380 e. The van der Waals surface area contributed by atoms with Crippen molar-refractivity contribution in [3.8, 4) is 0 Å². The Morgan fingerprint density at radius 2 is 1.73 bits per heavy atom. The molecule has 0 atom stereocenters. The maximum atomic E-state index is 5.30. The summed E-state index contributed by atoms with van der Waals surface area (Å²) in [4.78, 5) is 4.37. The summed E-state index contributed by atoms with van der Waals surface area (Å²) in [6.07, 6.45) is 6.82. The smallest absolute Gasteiger partial charge is 0.191 e. The van der Waals surface area contributed by atoms with Gasteiger partial charge in [-0.1, -0.05) is 33.6 Å². The minimum atomic E-state index is 0. The zero-order valence-corrected chi connectivity index (χ0v) is 17.0. The number of aliphatic imine (C=N–C) groups is 1. The first-order chi connectivity index (χ1) is 9.97. The maximum absolute atomic E-state index is 5.30. The molecule has 1 aliphatic heterocycles. The summed E-state index contributed by atoms with van der Waals surface area (Å²) >= 11 is 0. The van der Waals surface area contributed by atoms with Crippen molar-refractivity contribution in [1.29, 1.82) is 0 Å². The van der Waals surface area contributed by atoms with Crippen LogP contribution in [-0.4, -0.2) is 39.3 Å². The Morgan fingerprint density at radius 1 is 1.14 bits per heavy atom. The van der Waals surface area contributed by atoms with E-state index in [9.17, 15) is 0 Å². The van der Waals surface area contributed by atoms with E-state index in [1.807, 2.05) is 7.05 Å². The number of halogens is 1. The van der Waals surface area contributed by atoms with Gasteiger partial charge >= 0.3 is 0 Å². The van der Waals surface area contributed by atoms with Crippen molar-refractivity contribution in [2.75, 3.05) is 33.4 Å². The fraction of sp³-hybridized carbons (Fsp3) is 0.941. The summed E-state index contributed by atoms with van der Waals surface area (Å²) in [5.41, 5.74) is 0.760. The lowest BCUT2D eigenvalue weighted by Gasteiger charge is -2.38. The molecule has 1 saturated heterocycles. The molecule has 0 aromatic rings. The van der Waals surface area contributed by atoms with Gasteiger partial charge in [-0.05, 0) is 30.6 Å². The van der Waals surface area contributed by atoms with E-state index in [0.29, 0.717) is 5.41 Å². The van der Waals surface area contributed by atoms with E-state index < -0.39 is 0 Å². The van der Waals surface area contributed by atoms with Crippen molar-refractivity contribution < 1.29 is 4.74 Å². The lowest BCUT2D eigenvalue weighted by atomic mass is 9.78. The largest absolute Gasteiger partial charge is 0.380 e. The molecule has 1 heterocycles. The van der Waals surface area contributed by atoms with Gasteiger partial charge in [0.25, 0.3) is 0 Å². The summed E-state index contributed by atoms with van der Waals surface area (Å²) in [5.74, 6) is 1.71. The van der Waals surface area contributed by atoms with E-state index in [2.05, 4.69) is 36.4 Å². The van der Waals surface area contributed by atoms with Crippen molar-refractivity contribution in [3.63, 3.8) is 0 Å². The van der Waals surface area contributed by atoms with Crippen molar-refractivity contribution >= 4 is 29.9 Å². The first-order valence-corrected chi connectivity index (χ1v) is 8.49. The summed E-state index contributed by atoms with van der Waals surface area (Å²) in [6, 6.07) is 0. The Labute approximate surface area is 153 Å². The van der Waals surface area contributed by atoms with Gasteiger partial charge in [0.05, 0.1) is 13.2 Å². The zero-order valence-electron chi connectivity index (χ0n) is 14.7. The highest BCUT2D eigenvalue weighted by Crippen LogP contribution is 2.42. The van der Waals surface area contributed by atoms with E-state index in [4.69, 9.17) is 4.74 Å². The monoisotopic (exact) mass is 423 g/mol. The third kappa shape index (κ3) is 5.55. The van der Waals surface area contributed by atoms with Gasteiger partial charge in [-0.2, -0.15) is 0 Å². The fourth-order valence-corrected chi connectivity index (χ4v) is 3.79. The molecule has 2 aliphatic rings. The van der Waals surface area contributed by atoms with E-state index in [1.165, 1.54) is 32.1 Å². The fourth-order valence-electron chi connectivity index (χ4n) is 3.79. The van der Waals surface area contributed by atoms with Crippen LogP contribution in [0.25, 0.3) is 0 Å². The molecular weight excluding hydrogens is 389 g/mol. The summed E-state index contributed by atoms with van der Waals surface area (Å²) in [5, 5.41) is 7.04. The van der Waals surface area contributed by atoms with Crippen LogP contribution in [0.3, 0.4) is 0 Å². The van der Waals surface area contributed by atoms with Gasteiger partial charge in [-0.3, -0.25) is 4.99 Å². The average Bonchev–Trinajstić information content (AvgIpc) is 2.84. The molecule has 0 unspecified atom stereocenters. The molecule has 0 amide bonds. The standard InChI is InChI=1S/C17H33N3O.HI/c1-14(2)9-17(7-5-6-8-17)11-20-15(18-4)19-10-16(3)12-21-13-16;/h14H,5-13H2,1-4H3,(H2,18,19,20);1H. The SMILES string of the molecule is CN=C(NCC1(C)COC1)NCC1(CC(C)C)CCCC1.I. The third-order valence-electron chi connectivity index (χ3n) is 4.94. The molecule has 0 aromatic carbocycles. The normalized spacial score (nSPS) is 22.9. The molecule has 4 nitrogen and oxygen atoms in total. The third-order valence-corrected chi connectivity index (χ3v) is 4.94. The molecule has 5 heteroatoms. The average molecular weight is 423 g/mol. The number of ether oxygens (including phenoxy) is 1. The molecule has 22 heavy (non-hydrogen) atoms. The lowest BCUT2D eigenvalue weighted by Crippen LogP contribution is -2.52. The molecule has 0 radical (unpaired) electrons. The number of hydrogen-bond donors (Lipinski definition) is 2. The highest BCUT2D eigenvalue weighted by Gasteiger charge is 2.35. The summed E-state index contributed by atoms with van der Waals surface area (Å²) in [7, 11) is 1.86. The van der Waals surface area contributed by atoms with Crippen LogP contribution in [0, 0.1) is 16.7 Å². The number of rotatable bonds is 6. The van der Waals surface area contributed by atoms with E-state index in [1.54, 1.807) is 0 Å². The summed E-state index contributed by atoms with van der Waals surface area (Å²) in [6.45, 7) is 10.6. The predicted octanol–water partition coefficient (Wildman–Crippen LogP) is 3.41. The van der Waals surface area contributed by atoms with Crippen LogP contribution in [0.4, 0.5) is 0 Å². The van der Waals surface area contributed by atoms with E-state index >= 15 is 0 Å². The second-order valence-corrected chi connectivity index (χ2v) is 7.89. The van der Waals surface area contributed by atoms with Crippen LogP contribution in [0.1, 0.15) is 52.9 Å². The topological polar surface area (TPSA) is 45.7 Å². The maximum Gasteiger partial charge on any atom is 0.191 e. The Hall–Kier alpha value is -0.0400. The van der Waals surface area contributed by atoms with Crippen molar-refractivity contribution in [3.05, 3.63) is 0 Å². The molecule has 0 bridgehead atoms. The highest BCUT2D eigenvalue weighted by atomic mass is 127. The number of guanidine groups is 1. The van der Waals surface area contributed by atoms with Crippen LogP contribution in [0.2, 0.25) is 0 Å². The Bertz CT molecular complexity index is 361. The molecule has 1 saturated carbocycles. The first-order valence-electron chi connectivity index (χ1n) is 8.49. The van der Waals surface area contributed by atoms with Gasteiger partial charge in [-0.15, -0.1) is 24.0 Å². The molecule has 2 N–H and O–H groups in total. The van der Waals surface area contributed by atoms with Gasteiger partial charge in [0.2, 0.25) is 0 Å². The Morgan fingerprint density at radius 3 is 2.18 bits per heavy atom. The van der Waals surface area contributed by atoms with Crippen molar-refractivity contribution in [1.82, 2.24) is 10.6 Å². The number of nitrogens with zero attached hydrogens (tertiary/aromatic N) is 1. The van der Waals surface area contributed by atoms with Crippen LogP contribution >= 0.6 is 24.0 Å². The van der Waals surface area contributed by atoms with Crippen LogP contribution in [0.5, 0.6) is 0 Å². The molecular formula is C17H34IN3O. The minimum absolute atomic E-state index is 0. The molecule has 0 spiro atoms. The highest BCUT2D eigenvalue weighted by molar-refractivity contribution is 14.0. The van der Waals surface area contributed by atoms with Crippen LogP contribution < -0.4 is 10.6 Å². The second-order valence-electron chi connectivity index (χ2n) is 7.89. The van der Waals surface area contributed by atoms with Gasteiger partial charge < -0.3 is 15.4 Å². The van der Waals surface area contributed by atoms with Gasteiger partial charge in [0.15, 0.2) is 5.96 Å². The van der Waals surface area contributed by atoms with Crippen LogP contribution in [-0.2, 0) is 4.74 Å². The molecule has 130 valence electrons. The van der Waals surface area contributed by atoms with Gasteiger partial charge in [0, 0.05) is 25.6 Å². The predicted molar refractivity (Wildman–Crippen MR) is 104 cm³/mol. The Kier molecular flexibility index (Phi) is 7.92. The quantitative estimate of drug-likeness (QED) is 0.391.